The first-order chi connectivity index (χ1) is 9.16. The molecule has 1 heterocycles. The van der Waals surface area contributed by atoms with Crippen molar-refractivity contribution < 1.29 is 4.74 Å². The Balaban J connectivity index is 2.08. The number of rotatable bonds is 6. The summed E-state index contributed by atoms with van der Waals surface area (Å²) in [5.41, 5.74) is 3.65. The third-order valence-electron chi connectivity index (χ3n) is 2.96. The van der Waals surface area contributed by atoms with Gasteiger partial charge in [0.15, 0.2) is 0 Å². The van der Waals surface area contributed by atoms with Gasteiger partial charge >= 0.3 is 0 Å². The molecule has 2 aromatic rings. The van der Waals surface area contributed by atoms with Crippen LogP contribution in [0.5, 0.6) is 5.75 Å². The van der Waals surface area contributed by atoms with Crippen molar-refractivity contribution in [3.05, 3.63) is 51.7 Å². The fourth-order valence-electron chi connectivity index (χ4n) is 1.90. The Bertz CT molecular complexity index is 505. The number of ether oxygens (including phenoxy) is 1. The second-order valence-electron chi connectivity index (χ2n) is 5.02. The van der Waals surface area contributed by atoms with Gasteiger partial charge in [-0.05, 0) is 34.9 Å². The minimum absolute atomic E-state index is 0.477. The zero-order chi connectivity index (χ0) is 13.7. The molecule has 0 saturated heterocycles. The molecular formula is C16H21NOS. The Labute approximate surface area is 119 Å². The molecule has 0 aliphatic rings. The van der Waals surface area contributed by atoms with E-state index in [1.165, 1.54) is 16.7 Å². The summed E-state index contributed by atoms with van der Waals surface area (Å²) in [5, 5.41) is 7.66. The average Bonchev–Trinajstić information content (AvgIpc) is 2.88. The maximum absolute atomic E-state index is 6.01. The van der Waals surface area contributed by atoms with Gasteiger partial charge in [0.2, 0.25) is 0 Å². The lowest BCUT2D eigenvalue weighted by Gasteiger charge is -2.15. The van der Waals surface area contributed by atoms with Crippen molar-refractivity contribution in [1.29, 1.82) is 0 Å². The van der Waals surface area contributed by atoms with Crippen LogP contribution < -0.4 is 10.1 Å². The van der Waals surface area contributed by atoms with Crippen LogP contribution >= 0.6 is 11.3 Å². The van der Waals surface area contributed by atoms with Gasteiger partial charge in [0.05, 0.1) is 0 Å². The molecule has 0 bridgehead atoms. The average molecular weight is 275 g/mol. The van der Waals surface area contributed by atoms with Gasteiger partial charge in [0.25, 0.3) is 0 Å². The van der Waals surface area contributed by atoms with Crippen molar-refractivity contribution in [3.8, 4) is 5.75 Å². The van der Waals surface area contributed by atoms with E-state index in [1.807, 2.05) is 0 Å². The molecule has 1 aromatic heterocycles. The lowest BCUT2D eigenvalue weighted by atomic mass is 10.1. The highest BCUT2D eigenvalue weighted by Crippen LogP contribution is 2.24. The van der Waals surface area contributed by atoms with Crippen LogP contribution in [-0.2, 0) is 13.2 Å². The predicted molar refractivity (Wildman–Crippen MR) is 81.8 cm³/mol. The van der Waals surface area contributed by atoms with E-state index in [1.54, 1.807) is 11.3 Å². The van der Waals surface area contributed by atoms with Gasteiger partial charge in [-0.3, -0.25) is 0 Å². The number of nitrogens with one attached hydrogen (secondary N) is 1. The van der Waals surface area contributed by atoms with Crippen molar-refractivity contribution in [1.82, 2.24) is 5.32 Å². The molecule has 0 fully saturated rings. The van der Waals surface area contributed by atoms with E-state index in [4.69, 9.17) is 4.74 Å². The van der Waals surface area contributed by atoms with Gasteiger partial charge in [-0.1, -0.05) is 32.0 Å². The highest BCUT2D eigenvalue weighted by atomic mass is 32.1. The van der Waals surface area contributed by atoms with Crippen LogP contribution in [0, 0.1) is 6.92 Å². The smallest absolute Gasteiger partial charge is 0.127 e. The van der Waals surface area contributed by atoms with Gasteiger partial charge in [-0.2, -0.15) is 11.3 Å². The minimum atomic E-state index is 0.477. The number of hydrogen-bond donors (Lipinski definition) is 1. The maximum Gasteiger partial charge on any atom is 0.127 e. The van der Waals surface area contributed by atoms with E-state index in [9.17, 15) is 0 Å². The lowest BCUT2D eigenvalue weighted by Crippen LogP contribution is -2.22. The SMILES string of the molecule is Cc1cccc(CNC(C)C)c1OCc1ccsc1. The molecule has 19 heavy (non-hydrogen) atoms. The van der Waals surface area contributed by atoms with Crippen molar-refractivity contribution in [2.75, 3.05) is 0 Å². The normalized spacial score (nSPS) is 10.9. The zero-order valence-corrected chi connectivity index (χ0v) is 12.6. The molecule has 1 N–H and O–H groups in total. The molecule has 0 amide bonds. The molecule has 2 rings (SSSR count). The predicted octanol–water partition coefficient (Wildman–Crippen LogP) is 4.13. The van der Waals surface area contributed by atoms with Gasteiger partial charge in [-0.25, -0.2) is 0 Å². The summed E-state index contributed by atoms with van der Waals surface area (Å²) in [6.07, 6.45) is 0. The van der Waals surface area contributed by atoms with Gasteiger partial charge in [0.1, 0.15) is 12.4 Å². The van der Waals surface area contributed by atoms with Crippen LogP contribution in [0.1, 0.15) is 30.5 Å². The lowest BCUT2D eigenvalue weighted by molar-refractivity contribution is 0.300. The van der Waals surface area contributed by atoms with Crippen LogP contribution in [0.4, 0.5) is 0 Å². The number of para-hydroxylation sites is 1. The molecule has 3 heteroatoms. The van der Waals surface area contributed by atoms with Crippen LogP contribution in [-0.4, -0.2) is 6.04 Å². The Morgan fingerprint density at radius 2 is 2.11 bits per heavy atom. The molecule has 0 saturated carbocycles. The van der Waals surface area contributed by atoms with Crippen molar-refractivity contribution in [3.63, 3.8) is 0 Å². The Kier molecular flexibility index (Phi) is 5.00. The third kappa shape index (κ3) is 4.08. The van der Waals surface area contributed by atoms with Crippen LogP contribution in [0.25, 0.3) is 0 Å². The van der Waals surface area contributed by atoms with Crippen LogP contribution in [0.2, 0.25) is 0 Å². The van der Waals surface area contributed by atoms with Crippen LogP contribution in [0.15, 0.2) is 35.0 Å². The summed E-state index contributed by atoms with van der Waals surface area (Å²) < 4.78 is 6.01. The number of benzene rings is 1. The largest absolute Gasteiger partial charge is 0.488 e. The zero-order valence-electron chi connectivity index (χ0n) is 11.8. The minimum Gasteiger partial charge on any atom is -0.488 e. The van der Waals surface area contributed by atoms with E-state index >= 15 is 0 Å². The van der Waals surface area contributed by atoms with E-state index in [0.717, 1.165) is 12.3 Å². The molecule has 1 aromatic carbocycles. The quantitative estimate of drug-likeness (QED) is 0.855. The fraction of sp³-hybridized carbons (Fsp3) is 0.375. The van der Waals surface area contributed by atoms with Crippen molar-refractivity contribution in [2.45, 2.75) is 40.0 Å². The Hall–Kier alpha value is -1.32. The second-order valence-corrected chi connectivity index (χ2v) is 5.80. The molecule has 2 nitrogen and oxygen atoms in total. The molecule has 102 valence electrons. The standard InChI is InChI=1S/C16H21NOS/c1-12(2)17-9-15-6-4-5-13(3)16(15)18-10-14-7-8-19-11-14/h4-8,11-12,17H,9-10H2,1-3H3. The first-order valence-corrected chi connectivity index (χ1v) is 7.57. The van der Waals surface area contributed by atoms with Gasteiger partial charge in [0, 0.05) is 18.2 Å². The first-order valence-electron chi connectivity index (χ1n) is 6.62. The molecule has 0 aliphatic carbocycles. The van der Waals surface area contributed by atoms with E-state index < -0.39 is 0 Å². The Morgan fingerprint density at radius 1 is 1.26 bits per heavy atom. The summed E-state index contributed by atoms with van der Waals surface area (Å²) in [6, 6.07) is 8.90. The topological polar surface area (TPSA) is 21.3 Å². The van der Waals surface area contributed by atoms with E-state index in [-0.39, 0.29) is 0 Å². The number of thiophene rings is 1. The van der Waals surface area contributed by atoms with Crippen molar-refractivity contribution in [2.24, 2.45) is 0 Å². The summed E-state index contributed by atoms with van der Waals surface area (Å²) >= 11 is 1.70. The summed E-state index contributed by atoms with van der Waals surface area (Å²) in [6.45, 7) is 7.90. The summed E-state index contributed by atoms with van der Waals surface area (Å²) in [4.78, 5) is 0. The van der Waals surface area contributed by atoms with E-state index in [0.29, 0.717) is 12.6 Å². The Morgan fingerprint density at radius 3 is 2.79 bits per heavy atom. The monoisotopic (exact) mass is 275 g/mol. The highest BCUT2D eigenvalue weighted by molar-refractivity contribution is 7.07. The van der Waals surface area contributed by atoms with Crippen LogP contribution in [0.3, 0.4) is 0 Å². The number of hydrogen-bond acceptors (Lipinski definition) is 3. The fourth-order valence-corrected chi connectivity index (χ4v) is 2.56. The molecule has 0 atom stereocenters. The maximum atomic E-state index is 6.01. The molecule has 0 radical (unpaired) electrons. The molecule has 0 aliphatic heterocycles. The number of aryl methyl sites for hydroxylation is 1. The highest BCUT2D eigenvalue weighted by Gasteiger charge is 2.08. The summed E-state index contributed by atoms with van der Waals surface area (Å²) in [5.74, 6) is 1.02. The van der Waals surface area contributed by atoms with Crippen molar-refractivity contribution >= 4 is 11.3 Å². The summed E-state index contributed by atoms with van der Waals surface area (Å²) in [7, 11) is 0. The molecular weight excluding hydrogens is 254 g/mol. The first kappa shape index (κ1) is 14.1. The van der Waals surface area contributed by atoms with E-state index in [2.05, 4.69) is 61.1 Å². The second kappa shape index (κ2) is 6.73. The third-order valence-corrected chi connectivity index (χ3v) is 3.69. The molecule has 0 spiro atoms. The van der Waals surface area contributed by atoms with Gasteiger partial charge < -0.3 is 10.1 Å². The molecule has 0 unspecified atom stereocenters. The van der Waals surface area contributed by atoms with Gasteiger partial charge in [-0.15, -0.1) is 0 Å².